The van der Waals surface area contributed by atoms with Gasteiger partial charge in [0.25, 0.3) is 10.0 Å². The minimum atomic E-state index is -4.28. The maximum atomic E-state index is 13.3. The van der Waals surface area contributed by atoms with Gasteiger partial charge in [-0.15, -0.1) is 0 Å². The number of ether oxygens (including phenoxy) is 1. The molecule has 3 saturated carbocycles. The molecule has 0 aliphatic heterocycles. The lowest BCUT2D eigenvalue weighted by Crippen LogP contribution is -2.38. The smallest absolute Gasteiger partial charge is 0.337 e. The van der Waals surface area contributed by atoms with E-state index < -0.39 is 16.0 Å². The Labute approximate surface area is 191 Å². The van der Waals surface area contributed by atoms with Gasteiger partial charge in [0.15, 0.2) is 0 Å². The standard InChI is InChI=1S/C23H21ClN2O5S/c24-17-11-19(31-21-5-6-23(21)7-8-23)18(9-15(17)12-25)26-32(29,30)20-10-14(13-1-2-13)3-4-16(20)22(27)28/h3-4,9-11,13,21,26H,1-2,5-8H2,(H,27,28). The van der Waals surface area contributed by atoms with E-state index in [1.807, 2.05) is 6.07 Å². The van der Waals surface area contributed by atoms with Gasteiger partial charge in [0.1, 0.15) is 22.8 Å². The Morgan fingerprint density at radius 3 is 2.50 bits per heavy atom. The van der Waals surface area contributed by atoms with Crippen molar-refractivity contribution in [3.63, 3.8) is 0 Å². The van der Waals surface area contributed by atoms with Crippen LogP contribution in [-0.2, 0) is 10.0 Å². The van der Waals surface area contributed by atoms with Gasteiger partial charge in [0.2, 0.25) is 0 Å². The van der Waals surface area contributed by atoms with Gasteiger partial charge < -0.3 is 9.84 Å². The Balaban J connectivity index is 1.53. The van der Waals surface area contributed by atoms with Crippen LogP contribution < -0.4 is 9.46 Å². The number of rotatable bonds is 7. The van der Waals surface area contributed by atoms with Crippen LogP contribution in [0.3, 0.4) is 0 Å². The molecule has 3 aliphatic rings. The summed E-state index contributed by atoms with van der Waals surface area (Å²) >= 11 is 6.19. The zero-order valence-corrected chi connectivity index (χ0v) is 18.7. The highest BCUT2D eigenvalue weighted by atomic mass is 35.5. The summed E-state index contributed by atoms with van der Waals surface area (Å²) in [5, 5.41) is 19.1. The van der Waals surface area contributed by atoms with E-state index >= 15 is 0 Å². The highest BCUT2D eigenvalue weighted by Crippen LogP contribution is 2.62. The molecule has 3 aliphatic carbocycles. The third-order valence-corrected chi connectivity index (χ3v) is 8.48. The first-order valence-corrected chi connectivity index (χ1v) is 12.4. The fraction of sp³-hybridized carbons (Fsp3) is 0.391. The van der Waals surface area contributed by atoms with Crippen LogP contribution in [0.2, 0.25) is 5.02 Å². The Kier molecular flexibility index (Phi) is 4.88. The van der Waals surface area contributed by atoms with Crippen molar-refractivity contribution in [2.24, 2.45) is 5.41 Å². The quantitative estimate of drug-likeness (QED) is 0.591. The molecule has 0 bridgehead atoms. The number of halogens is 1. The van der Waals surface area contributed by atoms with Crippen molar-refractivity contribution in [3.8, 4) is 11.8 Å². The van der Waals surface area contributed by atoms with Crippen molar-refractivity contribution in [2.45, 2.75) is 55.4 Å². The molecule has 0 heterocycles. The van der Waals surface area contributed by atoms with Crippen LogP contribution >= 0.6 is 11.6 Å². The summed E-state index contributed by atoms with van der Waals surface area (Å²) in [7, 11) is -4.28. The molecule has 2 aromatic rings. The monoisotopic (exact) mass is 472 g/mol. The summed E-state index contributed by atoms with van der Waals surface area (Å²) < 4.78 is 35.2. The lowest BCUT2D eigenvalue weighted by atomic mass is 9.78. The molecule has 2 aromatic carbocycles. The Morgan fingerprint density at radius 1 is 1.19 bits per heavy atom. The van der Waals surface area contributed by atoms with Gasteiger partial charge in [-0.3, -0.25) is 4.72 Å². The average Bonchev–Trinajstić information content (AvgIpc) is 3.64. The Hall–Kier alpha value is -2.76. The topological polar surface area (TPSA) is 116 Å². The second kappa shape index (κ2) is 7.39. The summed E-state index contributed by atoms with van der Waals surface area (Å²) in [6.07, 6.45) is 5.99. The lowest BCUT2D eigenvalue weighted by Gasteiger charge is -2.37. The minimum Gasteiger partial charge on any atom is -0.488 e. The zero-order chi connectivity index (χ0) is 22.7. The number of sulfonamides is 1. The van der Waals surface area contributed by atoms with Gasteiger partial charge in [-0.1, -0.05) is 17.7 Å². The molecule has 3 fully saturated rings. The molecule has 0 radical (unpaired) electrons. The van der Waals surface area contributed by atoms with Gasteiger partial charge in [-0.25, -0.2) is 13.2 Å². The van der Waals surface area contributed by atoms with Crippen molar-refractivity contribution in [1.29, 1.82) is 5.26 Å². The number of nitrogens with one attached hydrogen (secondary N) is 1. The third kappa shape index (κ3) is 3.70. The average molecular weight is 473 g/mol. The highest BCUT2D eigenvalue weighted by molar-refractivity contribution is 7.92. The van der Waals surface area contributed by atoms with Crippen molar-refractivity contribution in [1.82, 2.24) is 0 Å². The molecule has 1 atom stereocenters. The largest absolute Gasteiger partial charge is 0.488 e. The van der Waals surface area contributed by atoms with E-state index in [0.29, 0.717) is 0 Å². The number of carbonyl (C=O) groups is 1. The van der Waals surface area contributed by atoms with Crippen LogP contribution in [0.15, 0.2) is 35.2 Å². The van der Waals surface area contributed by atoms with Gasteiger partial charge in [0.05, 0.1) is 21.8 Å². The first-order valence-electron chi connectivity index (χ1n) is 10.5. The normalized spacial score (nSPS) is 20.8. The Morgan fingerprint density at radius 2 is 1.94 bits per heavy atom. The number of nitriles is 1. The van der Waals surface area contributed by atoms with E-state index in [9.17, 15) is 23.6 Å². The van der Waals surface area contributed by atoms with Crippen LogP contribution in [0.1, 0.15) is 65.9 Å². The summed E-state index contributed by atoms with van der Waals surface area (Å²) in [5.41, 5.74) is 0.824. The van der Waals surface area contributed by atoms with E-state index in [1.54, 1.807) is 6.07 Å². The number of carboxylic acid groups (broad SMARTS) is 1. The molecule has 0 aromatic heterocycles. The fourth-order valence-electron chi connectivity index (χ4n) is 4.37. The number of benzene rings is 2. The van der Waals surface area contributed by atoms with Crippen molar-refractivity contribution < 1.29 is 23.1 Å². The molecular formula is C23H21ClN2O5S. The van der Waals surface area contributed by atoms with Crippen LogP contribution in [-0.4, -0.2) is 25.6 Å². The van der Waals surface area contributed by atoms with Crippen molar-refractivity contribution >= 4 is 33.3 Å². The number of nitrogens with zero attached hydrogens (tertiary/aromatic N) is 1. The molecule has 7 nitrogen and oxygen atoms in total. The summed E-state index contributed by atoms with van der Waals surface area (Å²) in [5.74, 6) is -0.841. The first-order chi connectivity index (χ1) is 15.2. The van der Waals surface area contributed by atoms with E-state index in [0.717, 1.165) is 44.1 Å². The maximum Gasteiger partial charge on any atom is 0.337 e. The van der Waals surface area contributed by atoms with E-state index in [2.05, 4.69) is 4.72 Å². The number of anilines is 1. The van der Waals surface area contributed by atoms with E-state index in [-0.39, 0.29) is 49.9 Å². The molecule has 0 amide bonds. The lowest BCUT2D eigenvalue weighted by molar-refractivity contribution is 0.0288. The van der Waals surface area contributed by atoms with Crippen LogP contribution in [0, 0.1) is 16.7 Å². The van der Waals surface area contributed by atoms with Gasteiger partial charge in [0, 0.05) is 11.5 Å². The summed E-state index contributed by atoms with van der Waals surface area (Å²) in [6.45, 7) is 0. The molecule has 166 valence electrons. The van der Waals surface area contributed by atoms with E-state index in [1.165, 1.54) is 24.3 Å². The number of aromatic carboxylic acids is 1. The van der Waals surface area contributed by atoms with Crippen LogP contribution in [0.4, 0.5) is 5.69 Å². The molecule has 9 heteroatoms. The van der Waals surface area contributed by atoms with Crippen molar-refractivity contribution in [3.05, 3.63) is 52.0 Å². The van der Waals surface area contributed by atoms with Gasteiger partial charge in [-0.2, -0.15) is 5.26 Å². The summed E-state index contributed by atoms with van der Waals surface area (Å²) in [6, 6.07) is 9.14. The van der Waals surface area contributed by atoms with Gasteiger partial charge >= 0.3 is 5.97 Å². The first kappa shape index (κ1) is 21.1. The molecule has 0 saturated heterocycles. The molecule has 2 N–H and O–H groups in total. The predicted octanol–water partition coefficient (Wildman–Crippen LogP) is 4.91. The SMILES string of the molecule is N#Cc1cc(NS(=O)(=O)c2cc(C3CC3)ccc2C(=O)O)c(OC2CCC23CC3)cc1Cl. The molecule has 1 unspecified atom stereocenters. The van der Waals surface area contributed by atoms with Crippen molar-refractivity contribution in [2.75, 3.05) is 4.72 Å². The number of hydrogen-bond acceptors (Lipinski definition) is 5. The fourth-order valence-corrected chi connectivity index (χ4v) is 5.86. The number of carboxylic acids is 1. The van der Waals surface area contributed by atoms with Crippen LogP contribution in [0.5, 0.6) is 5.75 Å². The maximum absolute atomic E-state index is 13.3. The van der Waals surface area contributed by atoms with E-state index in [4.69, 9.17) is 16.3 Å². The predicted molar refractivity (Wildman–Crippen MR) is 118 cm³/mol. The summed E-state index contributed by atoms with van der Waals surface area (Å²) in [4.78, 5) is 11.4. The molecule has 1 spiro atoms. The number of hydrogen-bond donors (Lipinski definition) is 2. The van der Waals surface area contributed by atoms with Crippen LogP contribution in [0.25, 0.3) is 0 Å². The second-order valence-electron chi connectivity index (χ2n) is 8.89. The molecular weight excluding hydrogens is 452 g/mol. The minimum absolute atomic E-state index is 0.0254. The molecule has 32 heavy (non-hydrogen) atoms. The third-order valence-electron chi connectivity index (χ3n) is 6.76. The zero-order valence-electron chi connectivity index (χ0n) is 17.1. The van der Waals surface area contributed by atoms with Gasteiger partial charge in [-0.05, 0) is 68.2 Å². The molecule has 5 rings (SSSR count). The Bertz CT molecular complexity index is 1280. The highest BCUT2D eigenvalue weighted by Gasteiger charge is 2.57. The second-order valence-corrected chi connectivity index (χ2v) is 10.9.